The van der Waals surface area contributed by atoms with Gasteiger partial charge in [0.25, 0.3) is 0 Å². The molecule has 2 aromatic rings. The van der Waals surface area contributed by atoms with E-state index in [2.05, 4.69) is 9.88 Å². The van der Waals surface area contributed by atoms with Crippen LogP contribution in [0.1, 0.15) is 42.9 Å². The Kier molecular flexibility index (Phi) is 5.94. The molecule has 4 rings (SSSR count). The summed E-state index contributed by atoms with van der Waals surface area (Å²) < 4.78 is 11.1. The molecule has 0 bridgehead atoms. The number of hydrogen-bond donors (Lipinski definition) is 0. The Morgan fingerprint density at radius 2 is 2.00 bits per heavy atom. The molecule has 0 saturated carbocycles. The molecule has 0 radical (unpaired) electrons. The second-order valence-corrected chi connectivity index (χ2v) is 7.61. The lowest BCUT2D eigenvalue weighted by molar-refractivity contribution is -0.129. The number of methoxy groups -OCH3 is 1. The number of ether oxygens (including phenoxy) is 2. The predicted octanol–water partition coefficient (Wildman–Crippen LogP) is 2.61. The average molecular weight is 396 g/mol. The summed E-state index contributed by atoms with van der Waals surface area (Å²) in [7, 11) is 1.66. The first-order valence-electron chi connectivity index (χ1n) is 10.2. The lowest BCUT2D eigenvalue weighted by atomic mass is 10.1. The van der Waals surface area contributed by atoms with Crippen molar-refractivity contribution < 1.29 is 14.3 Å². The number of likely N-dealkylation sites (tertiary alicyclic amines) is 1. The first-order valence-corrected chi connectivity index (χ1v) is 10.2. The maximum atomic E-state index is 11.6. The second kappa shape index (κ2) is 8.78. The maximum absolute atomic E-state index is 11.6. The van der Waals surface area contributed by atoms with Crippen LogP contribution in [0.5, 0.6) is 11.5 Å². The number of carbonyl (C=O) groups excluding carboxylic acids is 1. The summed E-state index contributed by atoms with van der Waals surface area (Å²) in [6, 6.07) is 7.91. The van der Waals surface area contributed by atoms with Crippen LogP contribution in [0.2, 0.25) is 0 Å². The van der Waals surface area contributed by atoms with Crippen molar-refractivity contribution in [2.24, 2.45) is 0 Å². The first-order chi connectivity index (χ1) is 14.1. The van der Waals surface area contributed by atoms with Gasteiger partial charge in [0.05, 0.1) is 18.8 Å². The van der Waals surface area contributed by atoms with Gasteiger partial charge in [-0.15, -0.1) is 0 Å². The highest BCUT2D eigenvalue weighted by atomic mass is 16.5. The van der Waals surface area contributed by atoms with Crippen LogP contribution < -0.4 is 9.47 Å². The quantitative estimate of drug-likeness (QED) is 0.748. The zero-order chi connectivity index (χ0) is 20.2. The van der Waals surface area contributed by atoms with E-state index in [-0.39, 0.29) is 11.9 Å². The molecule has 0 aliphatic carbocycles. The number of nitrogens with zero attached hydrogens (tertiary/aromatic N) is 4. The fourth-order valence-corrected chi connectivity index (χ4v) is 4.10. The Balaban J connectivity index is 1.36. The molecule has 0 N–H and O–H groups in total. The molecule has 1 aromatic heterocycles. The highest BCUT2D eigenvalue weighted by molar-refractivity contribution is 5.73. The van der Waals surface area contributed by atoms with Crippen molar-refractivity contribution in [2.75, 3.05) is 33.4 Å². The number of amides is 1. The van der Waals surface area contributed by atoms with Crippen LogP contribution in [0.3, 0.4) is 0 Å². The number of benzene rings is 1. The Morgan fingerprint density at radius 1 is 1.21 bits per heavy atom. The molecule has 7 nitrogen and oxygen atoms in total. The van der Waals surface area contributed by atoms with E-state index < -0.39 is 0 Å². The van der Waals surface area contributed by atoms with Crippen molar-refractivity contribution in [1.82, 2.24) is 19.8 Å². The van der Waals surface area contributed by atoms with Gasteiger partial charge in [-0.25, -0.2) is 9.97 Å². The van der Waals surface area contributed by atoms with Crippen molar-refractivity contribution in [3.8, 4) is 11.5 Å². The largest absolute Gasteiger partial charge is 0.497 e. The second-order valence-electron chi connectivity index (χ2n) is 7.61. The smallest absolute Gasteiger partial charge is 0.219 e. The molecule has 1 amide bonds. The summed E-state index contributed by atoms with van der Waals surface area (Å²) in [6.07, 6.45) is 4.93. The minimum atomic E-state index is 0.110. The van der Waals surface area contributed by atoms with Crippen LogP contribution in [0, 0.1) is 0 Å². The highest BCUT2D eigenvalue weighted by Gasteiger charge is 2.29. The minimum Gasteiger partial charge on any atom is -0.497 e. The van der Waals surface area contributed by atoms with Gasteiger partial charge < -0.3 is 14.4 Å². The van der Waals surface area contributed by atoms with E-state index in [9.17, 15) is 4.79 Å². The molecule has 2 aliphatic rings. The Bertz CT molecular complexity index is 856. The Hall–Kier alpha value is -2.67. The minimum absolute atomic E-state index is 0.110. The molecule has 1 fully saturated rings. The standard InChI is InChI=1S/C22H28N4O3/c1-16(27)26-11-9-20-17(15-26)14-23-22(24-20)21-4-3-10-25(21)12-13-29-19-7-5-18(28-2)6-8-19/h5-8,14,21H,3-4,9-13,15H2,1-2H3. The van der Waals surface area contributed by atoms with Crippen LogP contribution in [-0.4, -0.2) is 59.0 Å². The first kappa shape index (κ1) is 19.6. The molecule has 3 heterocycles. The SMILES string of the molecule is COc1ccc(OCCN2CCCC2c2ncc3c(n2)CCN(C(C)=O)C3)cc1. The molecule has 1 saturated heterocycles. The summed E-state index contributed by atoms with van der Waals surface area (Å²) in [5.74, 6) is 2.69. The van der Waals surface area contributed by atoms with Crippen molar-refractivity contribution in [3.63, 3.8) is 0 Å². The monoisotopic (exact) mass is 396 g/mol. The molecular formula is C22H28N4O3. The summed E-state index contributed by atoms with van der Waals surface area (Å²) in [6.45, 7) is 5.48. The van der Waals surface area contributed by atoms with Crippen LogP contribution >= 0.6 is 0 Å². The number of carbonyl (C=O) groups is 1. The molecule has 7 heteroatoms. The third-order valence-corrected chi connectivity index (χ3v) is 5.77. The fourth-order valence-electron chi connectivity index (χ4n) is 4.10. The third-order valence-electron chi connectivity index (χ3n) is 5.77. The molecule has 0 spiro atoms. The van der Waals surface area contributed by atoms with Gasteiger partial charge in [-0.1, -0.05) is 0 Å². The van der Waals surface area contributed by atoms with E-state index in [0.717, 1.165) is 67.5 Å². The molecule has 154 valence electrons. The zero-order valence-corrected chi connectivity index (χ0v) is 17.1. The molecule has 1 atom stereocenters. The molecule has 2 aliphatic heterocycles. The highest BCUT2D eigenvalue weighted by Crippen LogP contribution is 2.30. The lowest BCUT2D eigenvalue weighted by Gasteiger charge is -2.28. The van der Waals surface area contributed by atoms with Gasteiger partial charge in [-0.2, -0.15) is 0 Å². The van der Waals surface area contributed by atoms with Crippen molar-refractivity contribution in [1.29, 1.82) is 0 Å². The molecule has 1 unspecified atom stereocenters. The van der Waals surface area contributed by atoms with Gasteiger partial charge in [0.15, 0.2) is 0 Å². The van der Waals surface area contributed by atoms with Gasteiger partial charge >= 0.3 is 0 Å². The number of aromatic nitrogens is 2. The molecule has 29 heavy (non-hydrogen) atoms. The van der Waals surface area contributed by atoms with Gasteiger partial charge in [0.2, 0.25) is 5.91 Å². The summed E-state index contributed by atoms with van der Waals surface area (Å²) in [5, 5.41) is 0. The van der Waals surface area contributed by atoms with E-state index in [4.69, 9.17) is 14.5 Å². The lowest BCUT2D eigenvalue weighted by Crippen LogP contribution is -2.35. The van der Waals surface area contributed by atoms with Gasteiger partial charge in [-0.05, 0) is 43.7 Å². The van der Waals surface area contributed by atoms with E-state index in [0.29, 0.717) is 13.2 Å². The van der Waals surface area contributed by atoms with Crippen LogP contribution in [0.15, 0.2) is 30.5 Å². The van der Waals surface area contributed by atoms with E-state index >= 15 is 0 Å². The topological polar surface area (TPSA) is 67.8 Å². The number of rotatable bonds is 6. The zero-order valence-electron chi connectivity index (χ0n) is 17.1. The van der Waals surface area contributed by atoms with Crippen LogP contribution in [0.4, 0.5) is 0 Å². The van der Waals surface area contributed by atoms with E-state index in [1.54, 1.807) is 14.0 Å². The average Bonchev–Trinajstić information content (AvgIpc) is 3.22. The molecular weight excluding hydrogens is 368 g/mol. The summed E-state index contributed by atoms with van der Waals surface area (Å²) in [4.78, 5) is 25.4. The van der Waals surface area contributed by atoms with Crippen molar-refractivity contribution in [3.05, 3.63) is 47.5 Å². The van der Waals surface area contributed by atoms with Crippen molar-refractivity contribution >= 4 is 5.91 Å². The van der Waals surface area contributed by atoms with Gasteiger partial charge in [-0.3, -0.25) is 9.69 Å². The van der Waals surface area contributed by atoms with E-state index in [1.807, 2.05) is 35.4 Å². The van der Waals surface area contributed by atoms with Gasteiger partial charge in [0.1, 0.15) is 23.9 Å². The van der Waals surface area contributed by atoms with Gasteiger partial charge in [0, 0.05) is 44.7 Å². The summed E-state index contributed by atoms with van der Waals surface area (Å²) >= 11 is 0. The Labute approximate surface area is 171 Å². The third kappa shape index (κ3) is 4.50. The normalized spacial score (nSPS) is 19.1. The fraction of sp³-hybridized carbons (Fsp3) is 0.500. The number of hydrogen-bond acceptors (Lipinski definition) is 6. The summed E-state index contributed by atoms with van der Waals surface area (Å²) in [5.41, 5.74) is 2.16. The predicted molar refractivity (Wildman–Crippen MR) is 109 cm³/mol. The Morgan fingerprint density at radius 3 is 2.76 bits per heavy atom. The van der Waals surface area contributed by atoms with Crippen LogP contribution in [0.25, 0.3) is 0 Å². The number of fused-ring (bicyclic) bond motifs is 1. The maximum Gasteiger partial charge on any atom is 0.219 e. The van der Waals surface area contributed by atoms with E-state index in [1.165, 1.54) is 0 Å². The van der Waals surface area contributed by atoms with Crippen LogP contribution in [-0.2, 0) is 17.8 Å². The molecule has 1 aromatic carbocycles. The van der Waals surface area contributed by atoms with Crippen molar-refractivity contribution in [2.45, 2.75) is 38.8 Å².